The molecule has 9 nitrogen and oxygen atoms in total. The molecule has 1 aliphatic rings. The van der Waals surface area contributed by atoms with Gasteiger partial charge in [-0.2, -0.15) is 0 Å². The number of nitrogens with zero attached hydrogens (tertiary/aromatic N) is 1. The highest BCUT2D eigenvalue weighted by atomic mass is 16.6. The second-order valence-corrected chi connectivity index (χ2v) is 9.38. The molecule has 40 heavy (non-hydrogen) atoms. The van der Waals surface area contributed by atoms with Crippen LogP contribution in [0.2, 0.25) is 0 Å². The average molecular weight is 543 g/mol. The van der Waals surface area contributed by atoms with E-state index in [-0.39, 0.29) is 12.2 Å². The summed E-state index contributed by atoms with van der Waals surface area (Å²) >= 11 is 0. The predicted octanol–water partition coefficient (Wildman–Crippen LogP) is 3.38. The van der Waals surface area contributed by atoms with E-state index >= 15 is 0 Å². The lowest BCUT2D eigenvalue weighted by atomic mass is 9.80. The zero-order valence-electron chi connectivity index (χ0n) is 22.2. The molecule has 1 saturated heterocycles. The van der Waals surface area contributed by atoms with E-state index in [1.165, 1.54) is 16.8 Å². The predicted molar refractivity (Wildman–Crippen MR) is 149 cm³/mol. The van der Waals surface area contributed by atoms with E-state index < -0.39 is 35.3 Å². The summed E-state index contributed by atoms with van der Waals surface area (Å²) in [5, 5.41) is 11.1. The summed E-state index contributed by atoms with van der Waals surface area (Å²) in [6.45, 7) is 3.90. The third-order valence-corrected chi connectivity index (χ3v) is 7.09. The van der Waals surface area contributed by atoms with Gasteiger partial charge in [0.1, 0.15) is 29.3 Å². The van der Waals surface area contributed by atoms with Crippen LogP contribution in [0.5, 0.6) is 11.5 Å². The molecule has 0 bridgehead atoms. The molecule has 3 atom stereocenters. The maximum absolute atomic E-state index is 12.4. The lowest BCUT2D eigenvalue weighted by Gasteiger charge is -2.37. The monoisotopic (exact) mass is 542 g/mol. The van der Waals surface area contributed by atoms with Gasteiger partial charge in [-0.25, -0.2) is 4.79 Å². The Balaban J connectivity index is 1.56. The minimum atomic E-state index is -1.12. The number of rotatable bonds is 9. The van der Waals surface area contributed by atoms with Crippen LogP contribution in [0.4, 0.5) is 0 Å². The third kappa shape index (κ3) is 4.98. The van der Waals surface area contributed by atoms with E-state index in [1.54, 1.807) is 14.2 Å². The van der Waals surface area contributed by atoms with Crippen molar-refractivity contribution in [3.05, 3.63) is 141 Å². The first-order chi connectivity index (χ1) is 19.4. The van der Waals surface area contributed by atoms with Crippen molar-refractivity contribution in [1.82, 2.24) is 9.55 Å². The number of aliphatic hydroxyl groups is 1. The molecule has 0 spiro atoms. The Morgan fingerprint density at radius 2 is 1.43 bits per heavy atom. The molecule has 1 fully saturated rings. The fourth-order valence-corrected chi connectivity index (χ4v) is 4.98. The summed E-state index contributed by atoms with van der Waals surface area (Å²) in [6, 6.07) is 26.1. The van der Waals surface area contributed by atoms with Gasteiger partial charge in [0.25, 0.3) is 5.56 Å². The Labute approximate surface area is 230 Å². The molecular formula is C31H30N2O7. The summed E-state index contributed by atoms with van der Waals surface area (Å²) < 4.78 is 24.9. The first-order valence-electron chi connectivity index (χ1n) is 12.7. The molecule has 0 amide bonds. The number of nitrogens with one attached hydrogen (secondary N) is 1. The fourth-order valence-electron chi connectivity index (χ4n) is 4.98. The maximum Gasteiger partial charge on any atom is 0.330 e. The molecule has 4 aromatic rings. The standard InChI is InChI=1S/C31H30N2O7/c1-20-28(35)26(40-29(20)33-18-17-27(34)32-30(33)36)19-39-31(21-7-5-4-6-8-21,22-9-13-24(37-2)14-10-22)23-11-15-25(38-3)16-12-23/h4-18,26,28-29,35H,1,19H2,2-3H3,(H,32,34,36)/t26-,28+,29-/m1/s1. The quantitative estimate of drug-likeness (QED) is 0.246. The summed E-state index contributed by atoms with van der Waals surface area (Å²) in [4.78, 5) is 26.2. The number of aromatic nitrogens is 2. The first kappa shape index (κ1) is 27.1. The smallest absolute Gasteiger partial charge is 0.330 e. The van der Waals surface area contributed by atoms with Gasteiger partial charge in [0.2, 0.25) is 0 Å². The van der Waals surface area contributed by atoms with Gasteiger partial charge < -0.3 is 24.1 Å². The summed E-state index contributed by atoms with van der Waals surface area (Å²) in [5.41, 5.74) is 0.470. The van der Waals surface area contributed by atoms with Crippen molar-refractivity contribution in [2.24, 2.45) is 0 Å². The molecule has 9 heteroatoms. The second kappa shape index (κ2) is 11.4. The maximum atomic E-state index is 12.4. The van der Waals surface area contributed by atoms with Crippen LogP contribution < -0.4 is 20.7 Å². The average Bonchev–Trinajstić information content (AvgIpc) is 3.27. The molecule has 206 valence electrons. The van der Waals surface area contributed by atoms with Crippen LogP contribution in [0.25, 0.3) is 0 Å². The van der Waals surface area contributed by atoms with Gasteiger partial charge in [-0.3, -0.25) is 14.3 Å². The number of H-pyrrole nitrogens is 1. The van der Waals surface area contributed by atoms with Gasteiger partial charge in [0, 0.05) is 17.8 Å². The van der Waals surface area contributed by atoms with Crippen LogP contribution in [0.1, 0.15) is 22.9 Å². The number of benzene rings is 3. The Kier molecular flexibility index (Phi) is 7.70. The van der Waals surface area contributed by atoms with E-state index in [4.69, 9.17) is 18.9 Å². The van der Waals surface area contributed by atoms with Crippen molar-refractivity contribution < 1.29 is 24.1 Å². The van der Waals surface area contributed by atoms with Crippen LogP contribution in [0.15, 0.2) is 113 Å². The number of aliphatic hydroxyl groups excluding tert-OH is 1. The molecule has 2 N–H and O–H groups in total. The zero-order valence-corrected chi connectivity index (χ0v) is 22.2. The highest BCUT2D eigenvalue weighted by molar-refractivity contribution is 5.49. The van der Waals surface area contributed by atoms with E-state index in [1.807, 2.05) is 78.9 Å². The molecule has 0 saturated carbocycles. The van der Waals surface area contributed by atoms with Gasteiger partial charge in [0.15, 0.2) is 6.23 Å². The minimum absolute atomic E-state index is 0.0538. The van der Waals surface area contributed by atoms with Crippen molar-refractivity contribution >= 4 is 0 Å². The Bertz CT molecular complexity index is 1530. The van der Waals surface area contributed by atoms with Crippen molar-refractivity contribution in [2.75, 3.05) is 20.8 Å². The van der Waals surface area contributed by atoms with Crippen molar-refractivity contribution in [3.63, 3.8) is 0 Å². The SMILES string of the molecule is C=C1[C@H](n2ccc(=O)[nH]c2=O)O[C@H](COC(c2ccccc2)(c2ccc(OC)cc2)c2ccc(OC)cc2)[C@H]1O. The van der Waals surface area contributed by atoms with Gasteiger partial charge in [-0.1, -0.05) is 61.2 Å². The van der Waals surface area contributed by atoms with Gasteiger partial charge in [-0.05, 0) is 41.0 Å². The number of hydrogen-bond donors (Lipinski definition) is 2. The van der Waals surface area contributed by atoms with Gasteiger partial charge in [-0.15, -0.1) is 0 Å². The Morgan fingerprint density at radius 3 is 1.95 bits per heavy atom. The number of ether oxygens (including phenoxy) is 4. The number of hydrogen-bond acceptors (Lipinski definition) is 7. The molecular weight excluding hydrogens is 512 g/mol. The van der Waals surface area contributed by atoms with Crippen LogP contribution in [-0.4, -0.2) is 47.7 Å². The largest absolute Gasteiger partial charge is 0.497 e. The molecule has 1 aliphatic heterocycles. The minimum Gasteiger partial charge on any atom is -0.497 e. The van der Waals surface area contributed by atoms with Crippen molar-refractivity contribution in [1.29, 1.82) is 0 Å². The summed E-state index contributed by atoms with van der Waals surface area (Å²) in [7, 11) is 3.21. The molecule has 0 radical (unpaired) electrons. The van der Waals surface area contributed by atoms with Crippen molar-refractivity contribution in [3.8, 4) is 11.5 Å². The number of methoxy groups -OCH3 is 2. The fraction of sp³-hybridized carbons (Fsp3) is 0.226. The van der Waals surface area contributed by atoms with Gasteiger partial charge >= 0.3 is 5.69 Å². The normalized spacial score (nSPS) is 19.0. The zero-order chi connectivity index (χ0) is 28.3. The number of aromatic amines is 1. The first-order valence-corrected chi connectivity index (χ1v) is 12.7. The van der Waals surface area contributed by atoms with Crippen LogP contribution in [0, 0.1) is 0 Å². The molecule has 0 aliphatic carbocycles. The third-order valence-electron chi connectivity index (χ3n) is 7.09. The van der Waals surface area contributed by atoms with Crippen LogP contribution in [0.3, 0.4) is 0 Å². The molecule has 3 aromatic carbocycles. The van der Waals surface area contributed by atoms with Gasteiger partial charge in [0.05, 0.1) is 20.8 Å². The van der Waals surface area contributed by atoms with E-state index in [9.17, 15) is 14.7 Å². The van der Waals surface area contributed by atoms with E-state index in [2.05, 4.69) is 11.6 Å². The molecule has 1 aromatic heterocycles. The molecule has 2 heterocycles. The second-order valence-electron chi connectivity index (χ2n) is 9.38. The van der Waals surface area contributed by atoms with E-state index in [0.29, 0.717) is 11.5 Å². The Hall–Kier alpha value is -4.44. The highest BCUT2D eigenvalue weighted by Crippen LogP contribution is 2.43. The highest BCUT2D eigenvalue weighted by Gasteiger charge is 2.43. The van der Waals surface area contributed by atoms with Crippen LogP contribution >= 0.6 is 0 Å². The van der Waals surface area contributed by atoms with Crippen LogP contribution in [-0.2, 0) is 15.1 Å². The molecule has 5 rings (SSSR count). The molecule has 0 unspecified atom stereocenters. The lowest BCUT2D eigenvalue weighted by molar-refractivity contribution is -0.0941. The van der Waals surface area contributed by atoms with Crippen molar-refractivity contribution in [2.45, 2.75) is 24.0 Å². The summed E-state index contributed by atoms with van der Waals surface area (Å²) in [5.74, 6) is 1.39. The lowest BCUT2D eigenvalue weighted by Crippen LogP contribution is -2.38. The van der Waals surface area contributed by atoms with E-state index in [0.717, 1.165) is 16.7 Å². The Morgan fingerprint density at radius 1 is 0.875 bits per heavy atom. The summed E-state index contributed by atoms with van der Waals surface area (Å²) in [6.07, 6.45) is -1.63. The topological polar surface area (TPSA) is 112 Å².